The van der Waals surface area contributed by atoms with Crippen molar-refractivity contribution in [3.05, 3.63) is 0 Å². The molecule has 1 N–H and O–H groups in total. The molecule has 0 spiro atoms. The van der Waals surface area contributed by atoms with Gasteiger partial charge in [-0.05, 0) is 13.8 Å². The second-order valence-corrected chi connectivity index (χ2v) is 4.47. The van der Waals surface area contributed by atoms with Gasteiger partial charge in [-0.15, -0.1) is 12.4 Å². The Hall–Kier alpha value is -0.360. The van der Waals surface area contributed by atoms with Gasteiger partial charge in [0.05, 0.1) is 25.4 Å². The van der Waals surface area contributed by atoms with Crippen molar-refractivity contribution in [1.82, 2.24) is 10.2 Å². The smallest absolute Gasteiger partial charge is 0.242 e. The average molecular weight is 265 g/mol. The first kappa shape index (κ1) is 14.7. The summed E-state index contributed by atoms with van der Waals surface area (Å²) in [7, 11) is 0. The molecular formula is C11H21ClN2O3. The fourth-order valence-corrected chi connectivity index (χ4v) is 2.22. The Morgan fingerprint density at radius 2 is 2.06 bits per heavy atom. The van der Waals surface area contributed by atoms with E-state index in [-0.39, 0.29) is 36.6 Å². The molecule has 2 heterocycles. The van der Waals surface area contributed by atoms with E-state index in [2.05, 4.69) is 5.32 Å². The van der Waals surface area contributed by atoms with E-state index >= 15 is 0 Å². The molecule has 1 amide bonds. The zero-order valence-corrected chi connectivity index (χ0v) is 11.2. The zero-order chi connectivity index (χ0) is 11.5. The number of amides is 1. The van der Waals surface area contributed by atoms with Crippen molar-refractivity contribution in [1.29, 1.82) is 0 Å². The number of halogens is 1. The van der Waals surface area contributed by atoms with Crippen LogP contribution in [-0.2, 0) is 14.3 Å². The zero-order valence-electron chi connectivity index (χ0n) is 10.3. The molecule has 0 aromatic heterocycles. The van der Waals surface area contributed by atoms with Crippen LogP contribution in [0.25, 0.3) is 0 Å². The maximum atomic E-state index is 12.2. The van der Waals surface area contributed by atoms with Gasteiger partial charge in [-0.1, -0.05) is 0 Å². The lowest BCUT2D eigenvalue weighted by molar-refractivity contribution is -0.146. The second-order valence-electron chi connectivity index (χ2n) is 4.47. The van der Waals surface area contributed by atoms with E-state index < -0.39 is 0 Å². The quantitative estimate of drug-likeness (QED) is 0.726. The molecule has 0 aliphatic carbocycles. The van der Waals surface area contributed by atoms with Crippen LogP contribution in [0.1, 0.15) is 13.8 Å². The fourth-order valence-electron chi connectivity index (χ4n) is 2.22. The lowest BCUT2D eigenvalue weighted by atomic mass is 10.1. The summed E-state index contributed by atoms with van der Waals surface area (Å²) in [4.78, 5) is 14.1. The van der Waals surface area contributed by atoms with Crippen LogP contribution in [0.2, 0.25) is 0 Å². The molecule has 0 bridgehead atoms. The number of carbonyl (C=O) groups is 1. The molecule has 2 fully saturated rings. The SMILES string of the molecule is CC1CN(C(=O)[C@H]2NCCO[C@@H]2C)CCO1.Cl. The molecule has 2 aliphatic rings. The minimum Gasteiger partial charge on any atom is -0.375 e. The Kier molecular flexibility index (Phi) is 5.66. The maximum Gasteiger partial charge on any atom is 0.242 e. The summed E-state index contributed by atoms with van der Waals surface area (Å²) in [6, 6.07) is -0.195. The van der Waals surface area contributed by atoms with Gasteiger partial charge in [0.25, 0.3) is 0 Å². The summed E-state index contributed by atoms with van der Waals surface area (Å²) in [5, 5.41) is 3.22. The van der Waals surface area contributed by atoms with Gasteiger partial charge in [0.15, 0.2) is 0 Å². The highest BCUT2D eigenvalue weighted by Gasteiger charge is 2.33. The predicted molar refractivity (Wildman–Crippen MR) is 66.4 cm³/mol. The number of carbonyl (C=O) groups excluding carboxylic acids is 1. The molecule has 6 heteroatoms. The minimum absolute atomic E-state index is 0. The van der Waals surface area contributed by atoms with Crippen LogP contribution in [0, 0.1) is 0 Å². The highest BCUT2D eigenvalue weighted by Crippen LogP contribution is 2.11. The Morgan fingerprint density at radius 3 is 2.71 bits per heavy atom. The van der Waals surface area contributed by atoms with Gasteiger partial charge in [0, 0.05) is 19.6 Å². The van der Waals surface area contributed by atoms with Crippen LogP contribution in [0.15, 0.2) is 0 Å². The second kappa shape index (κ2) is 6.54. The predicted octanol–water partition coefficient (Wildman–Crippen LogP) is 0.0324. The van der Waals surface area contributed by atoms with E-state index in [1.165, 1.54) is 0 Å². The standard InChI is InChI=1S/C11H20N2O3.ClH/c1-8-7-13(4-6-15-8)11(14)10-9(2)16-5-3-12-10;/h8-10,12H,3-7H2,1-2H3;1H/t8?,9-,10+;/m1./s1. The lowest BCUT2D eigenvalue weighted by Gasteiger charge is -2.37. The number of rotatable bonds is 1. The highest BCUT2D eigenvalue weighted by atomic mass is 35.5. The van der Waals surface area contributed by atoms with Gasteiger partial charge >= 0.3 is 0 Å². The van der Waals surface area contributed by atoms with E-state index in [0.29, 0.717) is 26.3 Å². The van der Waals surface area contributed by atoms with Crippen molar-refractivity contribution in [3.63, 3.8) is 0 Å². The van der Waals surface area contributed by atoms with Gasteiger partial charge in [-0.25, -0.2) is 0 Å². The van der Waals surface area contributed by atoms with Gasteiger partial charge < -0.3 is 19.7 Å². The third-order valence-corrected chi connectivity index (χ3v) is 3.14. The molecular weight excluding hydrogens is 244 g/mol. The topological polar surface area (TPSA) is 50.8 Å². The molecule has 100 valence electrons. The van der Waals surface area contributed by atoms with Gasteiger partial charge in [-0.2, -0.15) is 0 Å². The fraction of sp³-hybridized carbons (Fsp3) is 0.909. The summed E-state index contributed by atoms with van der Waals surface area (Å²) >= 11 is 0. The minimum atomic E-state index is -0.195. The molecule has 2 aliphatic heterocycles. The number of nitrogens with one attached hydrogen (secondary N) is 1. The number of hydrogen-bond acceptors (Lipinski definition) is 4. The summed E-state index contributed by atoms with van der Waals surface area (Å²) in [6.07, 6.45) is 0.0944. The normalized spacial score (nSPS) is 34.0. The molecule has 3 atom stereocenters. The van der Waals surface area contributed by atoms with Gasteiger partial charge in [0.2, 0.25) is 5.91 Å². The summed E-state index contributed by atoms with van der Waals surface area (Å²) in [6.45, 7) is 7.38. The largest absolute Gasteiger partial charge is 0.375 e. The summed E-state index contributed by atoms with van der Waals surface area (Å²) in [5.74, 6) is 0.141. The van der Waals surface area contributed by atoms with Crippen LogP contribution in [-0.4, -0.2) is 61.9 Å². The first-order chi connectivity index (χ1) is 7.68. The first-order valence-corrected chi connectivity index (χ1v) is 5.94. The molecule has 2 saturated heterocycles. The van der Waals surface area contributed by atoms with E-state index in [1.54, 1.807) is 0 Å². The van der Waals surface area contributed by atoms with Crippen molar-refractivity contribution in [2.45, 2.75) is 32.1 Å². The van der Waals surface area contributed by atoms with E-state index in [9.17, 15) is 4.79 Å². The molecule has 17 heavy (non-hydrogen) atoms. The van der Waals surface area contributed by atoms with E-state index in [1.807, 2.05) is 18.7 Å². The third kappa shape index (κ3) is 3.55. The van der Waals surface area contributed by atoms with Crippen LogP contribution in [0.5, 0.6) is 0 Å². The maximum absolute atomic E-state index is 12.2. The Balaban J connectivity index is 0.00000144. The van der Waals surface area contributed by atoms with Gasteiger partial charge in [-0.3, -0.25) is 4.79 Å². The molecule has 0 radical (unpaired) electrons. The highest BCUT2D eigenvalue weighted by molar-refractivity contribution is 5.85. The number of morpholine rings is 2. The summed E-state index contributed by atoms with van der Waals surface area (Å²) < 4.78 is 10.9. The van der Waals surface area contributed by atoms with Gasteiger partial charge in [0.1, 0.15) is 6.04 Å². The van der Waals surface area contributed by atoms with Crippen LogP contribution < -0.4 is 5.32 Å². The third-order valence-electron chi connectivity index (χ3n) is 3.14. The first-order valence-electron chi connectivity index (χ1n) is 5.94. The Labute approximate surface area is 108 Å². The van der Waals surface area contributed by atoms with E-state index in [0.717, 1.165) is 6.54 Å². The molecule has 5 nitrogen and oxygen atoms in total. The Morgan fingerprint density at radius 1 is 1.29 bits per heavy atom. The van der Waals surface area contributed by atoms with Crippen molar-refractivity contribution in [2.24, 2.45) is 0 Å². The molecule has 0 aromatic rings. The van der Waals surface area contributed by atoms with Crippen LogP contribution in [0.4, 0.5) is 0 Å². The molecule has 1 unspecified atom stereocenters. The number of hydrogen-bond donors (Lipinski definition) is 1. The van der Waals surface area contributed by atoms with Crippen LogP contribution >= 0.6 is 12.4 Å². The van der Waals surface area contributed by atoms with E-state index in [4.69, 9.17) is 9.47 Å². The van der Waals surface area contributed by atoms with Crippen molar-refractivity contribution < 1.29 is 14.3 Å². The Bertz CT molecular complexity index is 265. The van der Waals surface area contributed by atoms with Crippen molar-refractivity contribution >= 4 is 18.3 Å². The molecule has 0 saturated carbocycles. The lowest BCUT2D eigenvalue weighted by Crippen LogP contribution is -2.58. The number of nitrogens with zero attached hydrogens (tertiary/aromatic N) is 1. The molecule has 2 rings (SSSR count). The monoisotopic (exact) mass is 264 g/mol. The van der Waals surface area contributed by atoms with Crippen LogP contribution in [0.3, 0.4) is 0 Å². The number of ether oxygens (including phenoxy) is 2. The van der Waals surface area contributed by atoms with Crippen molar-refractivity contribution in [3.8, 4) is 0 Å². The summed E-state index contributed by atoms with van der Waals surface area (Å²) in [5.41, 5.74) is 0. The van der Waals surface area contributed by atoms with Crippen molar-refractivity contribution in [2.75, 3.05) is 32.8 Å². The average Bonchev–Trinajstić information content (AvgIpc) is 2.29. The molecule has 0 aromatic carbocycles.